The highest BCUT2D eigenvalue weighted by Gasteiger charge is 2.13. The van der Waals surface area contributed by atoms with Gasteiger partial charge in [0.15, 0.2) is 0 Å². The van der Waals surface area contributed by atoms with E-state index in [0.29, 0.717) is 5.92 Å². The van der Waals surface area contributed by atoms with Gasteiger partial charge >= 0.3 is 0 Å². The van der Waals surface area contributed by atoms with Gasteiger partial charge in [0.25, 0.3) is 0 Å². The third-order valence-electron chi connectivity index (χ3n) is 2.09. The van der Waals surface area contributed by atoms with E-state index in [1.165, 1.54) is 0 Å². The van der Waals surface area contributed by atoms with Gasteiger partial charge in [-0.05, 0) is 18.1 Å². The zero-order valence-electron chi connectivity index (χ0n) is 7.86. The minimum absolute atomic E-state index is 0.117. The smallest absolute Gasteiger partial charge is 0.121 e. The summed E-state index contributed by atoms with van der Waals surface area (Å²) in [7, 11) is 0. The number of benzene rings is 1. The molecular weight excluding hydrogens is 182 g/mol. The highest BCUT2D eigenvalue weighted by molar-refractivity contribution is 7.80. The van der Waals surface area contributed by atoms with E-state index in [2.05, 4.69) is 12.6 Å². The van der Waals surface area contributed by atoms with Gasteiger partial charge in [-0.25, -0.2) is 0 Å². The first kappa shape index (κ1) is 10.4. The van der Waals surface area contributed by atoms with E-state index in [1.807, 2.05) is 26.0 Å². The Balaban J connectivity index is 3.01. The van der Waals surface area contributed by atoms with Crippen molar-refractivity contribution in [3.05, 3.63) is 23.8 Å². The van der Waals surface area contributed by atoms with E-state index in [-0.39, 0.29) is 11.8 Å². The van der Waals surface area contributed by atoms with Crippen molar-refractivity contribution in [3.63, 3.8) is 0 Å². The van der Waals surface area contributed by atoms with Crippen LogP contribution >= 0.6 is 12.6 Å². The topological polar surface area (TPSA) is 46.2 Å². The quantitative estimate of drug-likeness (QED) is 0.637. The summed E-state index contributed by atoms with van der Waals surface area (Å²) < 4.78 is 0. The predicted molar refractivity (Wildman–Crippen MR) is 57.1 cm³/mol. The van der Waals surface area contributed by atoms with Gasteiger partial charge in [-0.2, -0.15) is 0 Å². The maximum absolute atomic E-state index is 9.58. The number of nitrogens with two attached hydrogens (primary N) is 1. The summed E-state index contributed by atoms with van der Waals surface area (Å²) in [6.45, 7) is 4.05. The minimum atomic E-state index is -0.117. The number of rotatable bonds is 2. The molecule has 0 fully saturated rings. The Kier molecular flexibility index (Phi) is 3.22. The summed E-state index contributed by atoms with van der Waals surface area (Å²) >= 11 is 4.12. The molecule has 0 aromatic heterocycles. The summed E-state index contributed by atoms with van der Waals surface area (Å²) in [6.07, 6.45) is 0. The summed E-state index contributed by atoms with van der Waals surface area (Å²) in [5.41, 5.74) is 6.69. The molecule has 0 heterocycles. The largest absolute Gasteiger partial charge is 0.508 e. The molecule has 13 heavy (non-hydrogen) atoms. The lowest BCUT2D eigenvalue weighted by Gasteiger charge is -2.17. The van der Waals surface area contributed by atoms with Gasteiger partial charge in [-0.1, -0.05) is 19.9 Å². The monoisotopic (exact) mass is 197 g/mol. The van der Waals surface area contributed by atoms with E-state index in [0.717, 1.165) is 10.5 Å². The van der Waals surface area contributed by atoms with E-state index < -0.39 is 0 Å². The van der Waals surface area contributed by atoms with Crippen LogP contribution in [0.15, 0.2) is 23.1 Å². The molecule has 1 aromatic carbocycles. The lowest BCUT2D eigenvalue weighted by molar-refractivity contribution is 0.438. The van der Waals surface area contributed by atoms with Crippen LogP contribution in [0.2, 0.25) is 0 Å². The Morgan fingerprint density at radius 1 is 1.38 bits per heavy atom. The highest BCUT2D eigenvalue weighted by atomic mass is 32.1. The van der Waals surface area contributed by atoms with Gasteiger partial charge in [0, 0.05) is 16.5 Å². The molecule has 1 rings (SSSR count). The number of phenolic OH excluding ortho intramolecular Hbond substituents is 1. The molecule has 1 aromatic rings. The average Bonchev–Trinajstić information content (AvgIpc) is 2.03. The van der Waals surface area contributed by atoms with Gasteiger partial charge in [0.2, 0.25) is 0 Å². The fourth-order valence-electron chi connectivity index (χ4n) is 1.17. The van der Waals surface area contributed by atoms with Gasteiger partial charge < -0.3 is 10.8 Å². The summed E-state index contributed by atoms with van der Waals surface area (Å²) in [5.74, 6) is 0.547. The molecule has 0 aliphatic heterocycles. The Bertz CT molecular complexity index is 299. The fourth-order valence-corrected chi connectivity index (χ4v) is 1.37. The molecule has 0 aliphatic carbocycles. The minimum Gasteiger partial charge on any atom is -0.508 e. The van der Waals surface area contributed by atoms with Crippen molar-refractivity contribution in [2.24, 2.45) is 11.7 Å². The van der Waals surface area contributed by atoms with Crippen molar-refractivity contribution in [2.75, 3.05) is 0 Å². The maximum atomic E-state index is 9.58. The first-order chi connectivity index (χ1) is 6.02. The van der Waals surface area contributed by atoms with Gasteiger partial charge in [0.1, 0.15) is 5.75 Å². The average molecular weight is 197 g/mol. The molecule has 0 saturated carbocycles. The Morgan fingerprint density at radius 3 is 2.46 bits per heavy atom. The number of aromatic hydroxyl groups is 1. The van der Waals surface area contributed by atoms with Crippen LogP contribution in [0.1, 0.15) is 25.5 Å². The van der Waals surface area contributed by atoms with Crippen molar-refractivity contribution in [2.45, 2.75) is 24.8 Å². The molecule has 0 bridgehead atoms. The standard InChI is InChI=1S/C10H15NOS/c1-6(2)10(11)8-4-3-7(13)5-9(8)12/h3-6,10,12-13H,11H2,1-2H3/t10-/m1/s1. The van der Waals surface area contributed by atoms with Crippen LogP contribution in [0.3, 0.4) is 0 Å². The molecule has 3 N–H and O–H groups in total. The number of hydrogen-bond donors (Lipinski definition) is 3. The predicted octanol–water partition coefficient (Wildman–Crippen LogP) is 2.34. The number of hydrogen-bond acceptors (Lipinski definition) is 3. The summed E-state index contributed by atoms with van der Waals surface area (Å²) in [5, 5.41) is 9.58. The summed E-state index contributed by atoms with van der Waals surface area (Å²) in [6, 6.07) is 5.15. The second-order valence-electron chi connectivity index (χ2n) is 3.51. The normalized spacial score (nSPS) is 13.3. The molecule has 72 valence electrons. The second-order valence-corrected chi connectivity index (χ2v) is 4.03. The van der Waals surface area contributed by atoms with Crippen LogP contribution in [-0.4, -0.2) is 5.11 Å². The second kappa shape index (κ2) is 4.03. The van der Waals surface area contributed by atoms with Crippen molar-refractivity contribution in [1.29, 1.82) is 0 Å². The maximum Gasteiger partial charge on any atom is 0.121 e. The lowest BCUT2D eigenvalue weighted by atomic mass is 9.96. The van der Waals surface area contributed by atoms with E-state index >= 15 is 0 Å². The van der Waals surface area contributed by atoms with E-state index in [9.17, 15) is 5.11 Å². The Labute approximate surface area is 84.2 Å². The fraction of sp³-hybridized carbons (Fsp3) is 0.400. The molecule has 0 spiro atoms. The first-order valence-corrected chi connectivity index (χ1v) is 4.74. The molecule has 0 unspecified atom stereocenters. The summed E-state index contributed by atoms with van der Waals surface area (Å²) in [4.78, 5) is 0.747. The molecule has 0 saturated heterocycles. The van der Waals surface area contributed by atoms with Gasteiger partial charge in [0.05, 0.1) is 0 Å². The van der Waals surface area contributed by atoms with Gasteiger partial charge in [-0.15, -0.1) is 12.6 Å². The first-order valence-electron chi connectivity index (χ1n) is 4.30. The SMILES string of the molecule is CC(C)[C@@H](N)c1ccc(S)cc1O. The van der Waals surface area contributed by atoms with Crippen LogP contribution in [0.5, 0.6) is 5.75 Å². The Morgan fingerprint density at radius 2 is 2.00 bits per heavy atom. The number of phenols is 1. The van der Waals surface area contributed by atoms with Gasteiger partial charge in [-0.3, -0.25) is 0 Å². The molecule has 1 atom stereocenters. The lowest BCUT2D eigenvalue weighted by Crippen LogP contribution is -2.16. The van der Waals surface area contributed by atoms with Crippen LogP contribution in [0.4, 0.5) is 0 Å². The van der Waals surface area contributed by atoms with Crippen LogP contribution in [0, 0.1) is 5.92 Å². The van der Waals surface area contributed by atoms with E-state index in [1.54, 1.807) is 6.07 Å². The third-order valence-corrected chi connectivity index (χ3v) is 2.37. The van der Waals surface area contributed by atoms with Crippen LogP contribution in [-0.2, 0) is 0 Å². The Hall–Kier alpha value is -0.670. The molecule has 3 heteroatoms. The van der Waals surface area contributed by atoms with Crippen molar-refractivity contribution in [3.8, 4) is 5.75 Å². The van der Waals surface area contributed by atoms with E-state index in [4.69, 9.17) is 5.73 Å². The molecule has 0 aliphatic rings. The highest BCUT2D eigenvalue weighted by Crippen LogP contribution is 2.28. The molecular formula is C10H15NOS. The van der Waals surface area contributed by atoms with Crippen LogP contribution in [0.25, 0.3) is 0 Å². The molecule has 2 nitrogen and oxygen atoms in total. The number of thiol groups is 1. The molecule has 0 amide bonds. The zero-order valence-corrected chi connectivity index (χ0v) is 8.75. The zero-order chi connectivity index (χ0) is 10.0. The van der Waals surface area contributed by atoms with Crippen molar-refractivity contribution < 1.29 is 5.11 Å². The van der Waals surface area contributed by atoms with Crippen molar-refractivity contribution >= 4 is 12.6 Å². The van der Waals surface area contributed by atoms with Crippen molar-refractivity contribution in [1.82, 2.24) is 0 Å². The molecule has 0 radical (unpaired) electrons. The third kappa shape index (κ3) is 2.39. The van der Waals surface area contributed by atoms with Crippen LogP contribution < -0.4 is 5.73 Å².